The molecule has 2 rings (SSSR count). The van der Waals surface area contributed by atoms with E-state index in [1.807, 2.05) is 6.08 Å². The van der Waals surface area contributed by atoms with Crippen molar-refractivity contribution in [1.82, 2.24) is 0 Å². The summed E-state index contributed by atoms with van der Waals surface area (Å²) in [7, 11) is 0. The molecule has 2 aliphatic rings. The minimum absolute atomic E-state index is 0.224. The van der Waals surface area contributed by atoms with E-state index in [4.69, 9.17) is 5.73 Å². The number of nitrogens with two attached hydrogens (primary N) is 1. The van der Waals surface area contributed by atoms with E-state index in [-0.39, 0.29) is 18.1 Å². The van der Waals surface area contributed by atoms with Crippen molar-refractivity contribution >= 4 is 0 Å². The zero-order chi connectivity index (χ0) is 17.4. The quantitative estimate of drug-likeness (QED) is 0.418. The molecule has 2 aliphatic carbocycles. The summed E-state index contributed by atoms with van der Waals surface area (Å²) >= 11 is 0. The number of aliphatic hydroxyl groups is 2. The monoisotopic (exact) mass is 335 g/mol. The molecule has 3 nitrogen and oxygen atoms in total. The highest BCUT2D eigenvalue weighted by Crippen LogP contribution is 2.50. The van der Waals surface area contributed by atoms with Gasteiger partial charge in [0.1, 0.15) is 0 Å². The molecule has 0 saturated heterocycles. The van der Waals surface area contributed by atoms with Crippen molar-refractivity contribution in [3.05, 3.63) is 23.8 Å². The number of aliphatic hydroxyl groups excluding tert-OH is 2. The standard InChI is InChI=1S/C21H37NO2/c1-2-3-5-9-18(23)10-11-19-20-14-16(8-6-4-7-12-22)13-17(20)15-21(19)24/h8,10-11,17-21,23-24H,2-7,9,12-15,22H2,1H3/b11-10+,16-8+/t17?,18-,19+,20-,21+/m0/s1. The molecule has 2 saturated carbocycles. The van der Waals surface area contributed by atoms with Crippen LogP contribution in [0.1, 0.15) is 71.1 Å². The zero-order valence-corrected chi connectivity index (χ0v) is 15.4. The van der Waals surface area contributed by atoms with Crippen LogP contribution in [0.2, 0.25) is 0 Å². The van der Waals surface area contributed by atoms with Gasteiger partial charge in [0.15, 0.2) is 0 Å². The van der Waals surface area contributed by atoms with Crippen molar-refractivity contribution in [2.75, 3.05) is 6.54 Å². The van der Waals surface area contributed by atoms with Crippen molar-refractivity contribution in [2.45, 2.75) is 83.3 Å². The number of fused-ring (bicyclic) bond motifs is 1. The molecule has 0 aliphatic heterocycles. The van der Waals surface area contributed by atoms with Gasteiger partial charge in [-0.2, -0.15) is 0 Å². The number of hydrogen-bond donors (Lipinski definition) is 3. The molecular weight excluding hydrogens is 298 g/mol. The van der Waals surface area contributed by atoms with E-state index < -0.39 is 0 Å². The van der Waals surface area contributed by atoms with Crippen LogP contribution in [-0.2, 0) is 0 Å². The van der Waals surface area contributed by atoms with Gasteiger partial charge in [0.2, 0.25) is 0 Å². The van der Waals surface area contributed by atoms with E-state index in [0.29, 0.717) is 11.8 Å². The Kier molecular flexibility index (Phi) is 8.51. The molecule has 0 aromatic heterocycles. The minimum Gasteiger partial charge on any atom is -0.392 e. The first-order chi connectivity index (χ1) is 11.7. The number of unbranched alkanes of at least 4 members (excludes halogenated alkanes) is 4. The molecule has 0 aromatic rings. The maximum absolute atomic E-state index is 10.4. The van der Waals surface area contributed by atoms with Crippen LogP contribution in [0.3, 0.4) is 0 Å². The van der Waals surface area contributed by atoms with Crippen molar-refractivity contribution in [3.63, 3.8) is 0 Å². The predicted molar refractivity (Wildman–Crippen MR) is 101 cm³/mol. The molecule has 24 heavy (non-hydrogen) atoms. The predicted octanol–water partition coefficient (Wildman–Crippen LogP) is 3.95. The second-order valence-electron chi connectivity index (χ2n) is 7.81. The van der Waals surface area contributed by atoms with Crippen molar-refractivity contribution in [1.29, 1.82) is 0 Å². The number of hydrogen-bond acceptors (Lipinski definition) is 3. The third-order valence-electron chi connectivity index (χ3n) is 5.86. The van der Waals surface area contributed by atoms with Crippen LogP contribution >= 0.6 is 0 Å². The molecule has 0 amide bonds. The second kappa shape index (κ2) is 10.4. The third kappa shape index (κ3) is 5.72. The Labute approximate surface area is 148 Å². The molecule has 138 valence electrons. The van der Waals surface area contributed by atoms with E-state index in [1.165, 1.54) is 19.3 Å². The van der Waals surface area contributed by atoms with E-state index in [0.717, 1.165) is 51.5 Å². The van der Waals surface area contributed by atoms with Crippen LogP contribution in [0.15, 0.2) is 23.8 Å². The van der Waals surface area contributed by atoms with Gasteiger partial charge in [-0.3, -0.25) is 0 Å². The molecule has 1 unspecified atom stereocenters. The third-order valence-corrected chi connectivity index (χ3v) is 5.86. The van der Waals surface area contributed by atoms with Crippen molar-refractivity contribution in [3.8, 4) is 0 Å². The molecule has 4 N–H and O–H groups in total. The summed E-state index contributed by atoms with van der Waals surface area (Å²) < 4.78 is 0. The van der Waals surface area contributed by atoms with Crippen molar-refractivity contribution in [2.24, 2.45) is 23.5 Å². The summed E-state index contributed by atoms with van der Waals surface area (Å²) in [5, 5.41) is 20.5. The van der Waals surface area contributed by atoms with Crippen LogP contribution in [0, 0.1) is 17.8 Å². The maximum Gasteiger partial charge on any atom is 0.0721 e. The average Bonchev–Trinajstić information content (AvgIpc) is 3.06. The van der Waals surface area contributed by atoms with Gasteiger partial charge in [-0.1, -0.05) is 50.0 Å². The summed E-state index contributed by atoms with van der Waals surface area (Å²) in [6, 6.07) is 0. The highest BCUT2D eigenvalue weighted by molar-refractivity contribution is 5.17. The van der Waals surface area contributed by atoms with Gasteiger partial charge in [-0.15, -0.1) is 0 Å². The Balaban J connectivity index is 1.83. The lowest BCUT2D eigenvalue weighted by Gasteiger charge is -2.17. The summed E-state index contributed by atoms with van der Waals surface area (Å²) in [5.41, 5.74) is 7.13. The molecule has 0 radical (unpaired) electrons. The lowest BCUT2D eigenvalue weighted by molar-refractivity contribution is 0.139. The van der Waals surface area contributed by atoms with Crippen LogP contribution < -0.4 is 5.73 Å². The SMILES string of the molecule is CCCCC[C@H](O)/C=C/[C@H]1[C@H](O)CC2C/C(=C\CCCCN)C[C@@H]21. The molecule has 2 fully saturated rings. The second-order valence-corrected chi connectivity index (χ2v) is 7.81. The first-order valence-electron chi connectivity index (χ1n) is 10.1. The fraction of sp³-hybridized carbons (Fsp3) is 0.810. The van der Waals surface area contributed by atoms with Gasteiger partial charge >= 0.3 is 0 Å². The Morgan fingerprint density at radius 1 is 1.21 bits per heavy atom. The molecule has 3 heteroatoms. The summed E-state index contributed by atoms with van der Waals surface area (Å²) in [4.78, 5) is 0. The van der Waals surface area contributed by atoms with Crippen LogP contribution in [0.5, 0.6) is 0 Å². The normalized spacial score (nSPS) is 32.8. The molecule has 0 aromatic carbocycles. The van der Waals surface area contributed by atoms with Gasteiger partial charge in [0.25, 0.3) is 0 Å². The molecule has 0 heterocycles. The molecule has 0 bridgehead atoms. The highest BCUT2D eigenvalue weighted by Gasteiger charge is 2.44. The summed E-state index contributed by atoms with van der Waals surface area (Å²) in [6.45, 7) is 2.96. The van der Waals surface area contributed by atoms with Crippen LogP contribution in [0.4, 0.5) is 0 Å². The lowest BCUT2D eigenvalue weighted by atomic mass is 9.90. The Morgan fingerprint density at radius 3 is 2.79 bits per heavy atom. The van der Waals surface area contributed by atoms with Gasteiger partial charge in [0, 0.05) is 5.92 Å². The van der Waals surface area contributed by atoms with E-state index in [9.17, 15) is 10.2 Å². The Bertz CT molecular complexity index is 418. The molecule has 5 atom stereocenters. The van der Waals surface area contributed by atoms with Crippen LogP contribution in [-0.4, -0.2) is 29.0 Å². The smallest absolute Gasteiger partial charge is 0.0721 e. The van der Waals surface area contributed by atoms with Gasteiger partial charge < -0.3 is 15.9 Å². The number of rotatable bonds is 10. The maximum atomic E-state index is 10.4. The van der Waals surface area contributed by atoms with E-state index in [1.54, 1.807) is 5.57 Å². The first-order valence-corrected chi connectivity index (χ1v) is 10.1. The fourth-order valence-electron chi connectivity index (χ4n) is 4.49. The van der Waals surface area contributed by atoms with Gasteiger partial charge in [-0.25, -0.2) is 0 Å². The van der Waals surface area contributed by atoms with E-state index >= 15 is 0 Å². The van der Waals surface area contributed by atoms with Gasteiger partial charge in [0.05, 0.1) is 12.2 Å². The largest absolute Gasteiger partial charge is 0.392 e. The van der Waals surface area contributed by atoms with Gasteiger partial charge in [-0.05, 0) is 63.3 Å². The average molecular weight is 336 g/mol. The van der Waals surface area contributed by atoms with E-state index in [2.05, 4.69) is 19.1 Å². The minimum atomic E-state index is -0.351. The first kappa shape index (κ1) is 19.7. The fourth-order valence-corrected chi connectivity index (χ4v) is 4.49. The van der Waals surface area contributed by atoms with Crippen LogP contribution in [0.25, 0.3) is 0 Å². The van der Waals surface area contributed by atoms with Crippen molar-refractivity contribution < 1.29 is 10.2 Å². The zero-order valence-electron chi connectivity index (χ0n) is 15.4. The highest BCUT2D eigenvalue weighted by atomic mass is 16.3. The summed E-state index contributed by atoms with van der Waals surface area (Å²) in [6.07, 6.45) is 16.8. The summed E-state index contributed by atoms with van der Waals surface area (Å²) in [5.74, 6) is 1.43. The lowest BCUT2D eigenvalue weighted by Crippen LogP contribution is -2.17. The Hall–Kier alpha value is -0.640. The topological polar surface area (TPSA) is 66.5 Å². The molecular formula is C21H37NO2. The molecule has 0 spiro atoms. The Morgan fingerprint density at radius 2 is 2.04 bits per heavy atom. The number of allylic oxidation sites excluding steroid dienone is 2.